The highest BCUT2D eigenvalue weighted by molar-refractivity contribution is 7.98. The van der Waals surface area contributed by atoms with Gasteiger partial charge in [-0.05, 0) is 24.3 Å². The second-order valence-electron chi connectivity index (χ2n) is 4.32. The molecule has 6 heteroatoms. The number of nitrogen functional groups attached to an aromatic ring is 1. The first-order valence-electron chi connectivity index (χ1n) is 6.29. The molecular formula is C15H12FN3OS. The van der Waals surface area contributed by atoms with E-state index in [9.17, 15) is 4.39 Å². The van der Waals surface area contributed by atoms with Crippen LogP contribution in [0.1, 0.15) is 5.82 Å². The molecule has 3 rings (SSSR count). The third-order valence-corrected chi connectivity index (χ3v) is 3.85. The highest BCUT2D eigenvalue weighted by Gasteiger charge is 2.16. The van der Waals surface area contributed by atoms with Gasteiger partial charge in [-0.15, -0.1) is 11.8 Å². The molecule has 1 aromatic heterocycles. The Balaban J connectivity index is 1.78. The summed E-state index contributed by atoms with van der Waals surface area (Å²) < 4.78 is 18.9. The maximum Gasteiger partial charge on any atom is 0.263 e. The van der Waals surface area contributed by atoms with Crippen LogP contribution >= 0.6 is 11.8 Å². The summed E-state index contributed by atoms with van der Waals surface area (Å²) in [5, 5.41) is 3.86. The van der Waals surface area contributed by atoms with Crippen molar-refractivity contribution >= 4 is 17.4 Å². The van der Waals surface area contributed by atoms with Crippen molar-refractivity contribution in [3.05, 3.63) is 60.2 Å². The molecule has 0 spiro atoms. The van der Waals surface area contributed by atoms with Crippen molar-refractivity contribution in [2.24, 2.45) is 0 Å². The number of rotatable bonds is 4. The number of hydrogen-bond donors (Lipinski definition) is 1. The van der Waals surface area contributed by atoms with E-state index in [0.717, 1.165) is 4.90 Å². The molecule has 0 saturated carbocycles. The second-order valence-corrected chi connectivity index (χ2v) is 5.37. The Morgan fingerprint density at radius 3 is 2.67 bits per heavy atom. The Bertz CT molecular complexity index is 725. The van der Waals surface area contributed by atoms with Crippen LogP contribution in [0.4, 0.5) is 10.1 Å². The average Bonchev–Trinajstić information content (AvgIpc) is 2.95. The highest BCUT2D eigenvalue weighted by Crippen LogP contribution is 2.28. The van der Waals surface area contributed by atoms with Gasteiger partial charge in [0, 0.05) is 10.6 Å². The molecule has 0 atom stereocenters. The number of nitrogens with two attached hydrogens (primary N) is 1. The van der Waals surface area contributed by atoms with Gasteiger partial charge in [0.15, 0.2) is 5.82 Å². The van der Waals surface area contributed by atoms with Crippen LogP contribution in [-0.2, 0) is 5.75 Å². The minimum Gasteiger partial charge on any atom is -0.398 e. The van der Waals surface area contributed by atoms with Crippen LogP contribution in [0.3, 0.4) is 0 Å². The number of aromatic nitrogens is 2. The summed E-state index contributed by atoms with van der Waals surface area (Å²) in [5.41, 5.74) is 6.19. The number of benzene rings is 2. The van der Waals surface area contributed by atoms with Crippen LogP contribution in [0.25, 0.3) is 11.5 Å². The lowest BCUT2D eigenvalue weighted by Crippen LogP contribution is -1.93. The van der Waals surface area contributed by atoms with E-state index < -0.39 is 5.82 Å². The minimum atomic E-state index is -0.471. The molecule has 4 nitrogen and oxygen atoms in total. The number of thioether (sulfide) groups is 1. The highest BCUT2D eigenvalue weighted by atomic mass is 32.2. The Hall–Kier alpha value is -2.34. The molecule has 3 aromatic rings. The predicted octanol–water partition coefficient (Wildman–Crippen LogP) is 3.75. The van der Waals surface area contributed by atoms with Crippen molar-refractivity contribution in [3.8, 4) is 11.5 Å². The van der Waals surface area contributed by atoms with Gasteiger partial charge >= 0.3 is 0 Å². The number of nitrogens with zero attached hydrogens (tertiary/aromatic N) is 2. The molecule has 0 aliphatic heterocycles. The van der Waals surface area contributed by atoms with E-state index in [-0.39, 0.29) is 17.1 Å². The van der Waals surface area contributed by atoms with Gasteiger partial charge in [-0.3, -0.25) is 0 Å². The van der Waals surface area contributed by atoms with Gasteiger partial charge in [0.25, 0.3) is 5.89 Å². The standard InChI is InChI=1S/C15H12FN3OS/c16-11-7-4-8-12(17)14(11)15-18-13(19-20-15)9-21-10-5-2-1-3-6-10/h1-8H,9,17H2. The number of hydrogen-bond acceptors (Lipinski definition) is 5. The Morgan fingerprint density at radius 2 is 1.90 bits per heavy atom. The van der Waals surface area contributed by atoms with Gasteiger partial charge in [0.2, 0.25) is 0 Å². The summed E-state index contributed by atoms with van der Waals surface area (Å²) in [6.45, 7) is 0. The first-order valence-corrected chi connectivity index (χ1v) is 7.27. The third kappa shape index (κ3) is 3.05. The van der Waals surface area contributed by atoms with E-state index in [0.29, 0.717) is 11.6 Å². The van der Waals surface area contributed by atoms with Crippen molar-refractivity contribution in [2.45, 2.75) is 10.6 Å². The van der Waals surface area contributed by atoms with Gasteiger partial charge in [-0.1, -0.05) is 29.4 Å². The molecule has 0 amide bonds. The van der Waals surface area contributed by atoms with E-state index in [1.54, 1.807) is 17.8 Å². The van der Waals surface area contributed by atoms with Gasteiger partial charge < -0.3 is 10.3 Å². The van der Waals surface area contributed by atoms with Crippen LogP contribution < -0.4 is 5.73 Å². The van der Waals surface area contributed by atoms with Crippen molar-refractivity contribution < 1.29 is 8.91 Å². The summed E-state index contributed by atoms with van der Waals surface area (Å²) in [6, 6.07) is 14.3. The lowest BCUT2D eigenvalue weighted by molar-refractivity contribution is 0.423. The van der Waals surface area contributed by atoms with E-state index >= 15 is 0 Å². The van der Waals surface area contributed by atoms with Crippen LogP contribution in [0.15, 0.2) is 57.9 Å². The zero-order chi connectivity index (χ0) is 14.7. The molecule has 2 aromatic carbocycles. The van der Waals surface area contributed by atoms with E-state index in [2.05, 4.69) is 10.1 Å². The monoisotopic (exact) mass is 301 g/mol. The molecule has 1 heterocycles. The molecule has 0 saturated heterocycles. The molecular weight excluding hydrogens is 289 g/mol. The lowest BCUT2D eigenvalue weighted by Gasteiger charge is -2.00. The summed E-state index contributed by atoms with van der Waals surface area (Å²) in [7, 11) is 0. The van der Waals surface area contributed by atoms with E-state index in [1.165, 1.54) is 12.1 Å². The average molecular weight is 301 g/mol. The fourth-order valence-electron chi connectivity index (χ4n) is 1.85. The maximum absolute atomic E-state index is 13.8. The third-order valence-electron chi connectivity index (χ3n) is 2.84. The van der Waals surface area contributed by atoms with Crippen LogP contribution in [0, 0.1) is 5.82 Å². The Labute approximate surface area is 125 Å². The number of anilines is 1. The largest absolute Gasteiger partial charge is 0.398 e. The van der Waals surface area contributed by atoms with E-state index in [1.807, 2.05) is 30.3 Å². The van der Waals surface area contributed by atoms with Crippen molar-refractivity contribution in [2.75, 3.05) is 5.73 Å². The van der Waals surface area contributed by atoms with Crippen molar-refractivity contribution in [1.29, 1.82) is 0 Å². The maximum atomic E-state index is 13.8. The summed E-state index contributed by atoms with van der Waals surface area (Å²) in [6.07, 6.45) is 0. The summed E-state index contributed by atoms with van der Waals surface area (Å²) >= 11 is 1.58. The number of halogens is 1. The molecule has 0 unspecified atom stereocenters. The summed E-state index contributed by atoms with van der Waals surface area (Å²) in [5.74, 6) is 0.679. The van der Waals surface area contributed by atoms with Gasteiger partial charge in [0.1, 0.15) is 5.82 Å². The van der Waals surface area contributed by atoms with Crippen LogP contribution in [0.2, 0.25) is 0 Å². The van der Waals surface area contributed by atoms with Gasteiger partial charge in [-0.25, -0.2) is 4.39 Å². The first-order chi connectivity index (χ1) is 10.2. The fourth-order valence-corrected chi connectivity index (χ4v) is 2.61. The van der Waals surface area contributed by atoms with Gasteiger partial charge in [0.05, 0.1) is 11.3 Å². The smallest absolute Gasteiger partial charge is 0.263 e. The Kier molecular flexibility index (Phi) is 3.87. The zero-order valence-electron chi connectivity index (χ0n) is 11.0. The summed E-state index contributed by atoms with van der Waals surface area (Å²) in [4.78, 5) is 5.30. The molecule has 0 bridgehead atoms. The van der Waals surface area contributed by atoms with Crippen LogP contribution in [0.5, 0.6) is 0 Å². The zero-order valence-corrected chi connectivity index (χ0v) is 11.8. The molecule has 21 heavy (non-hydrogen) atoms. The van der Waals surface area contributed by atoms with E-state index in [4.69, 9.17) is 10.3 Å². The van der Waals surface area contributed by atoms with Crippen molar-refractivity contribution in [1.82, 2.24) is 10.1 Å². The predicted molar refractivity (Wildman–Crippen MR) is 80.1 cm³/mol. The first kappa shape index (κ1) is 13.6. The molecule has 106 valence electrons. The molecule has 0 aliphatic carbocycles. The fraction of sp³-hybridized carbons (Fsp3) is 0.0667. The second kappa shape index (κ2) is 5.97. The molecule has 2 N–H and O–H groups in total. The topological polar surface area (TPSA) is 64.9 Å². The molecule has 0 fully saturated rings. The SMILES string of the molecule is Nc1cccc(F)c1-c1nc(CSc2ccccc2)no1. The minimum absolute atomic E-state index is 0.106. The van der Waals surface area contributed by atoms with Gasteiger partial charge in [-0.2, -0.15) is 4.98 Å². The molecule has 0 aliphatic rings. The quantitative estimate of drug-likeness (QED) is 0.587. The lowest BCUT2D eigenvalue weighted by atomic mass is 10.1. The molecule has 0 radical (unpaired) electrons. The Morgan fingerprint density at radius 1 is 1.10 bits per heavy atom. The normalized spacial score (nSPS) is 10.7. The van der Waals surface area contributed by atoms with Crippen molar-refractivity contribution in [3.63, 3.8) is 0 Å². The van der Waals surface area contributed by atoms with Crippen LogP contribution in [-0.4, -0.2) is 10.1 Å².